The van der Waals surface area contributed by atoms with E-state index in [2.05, 4.69) is 4.98 Å². The van der Waals surface area contributed by atoms with E-state index in [1.165, 1.54) is 17.0 Å². The van der Waals surface area contributed by atoms with E-state index in [0.717, 1.165) is 0 Å². The number of carbonyl (C=O) groups excluding carboxylic acids is 1. The molecule has 1 aromatic heterocycles. The standard InChI is InChI=1S/C9H12ClN3O2/c1-13(2-3-14)9(15)6-4-7(10)12-8(11)5-6/h4-5,14H,2-3H2,1H3,(H2,11,12). The van der Waals surface area contributed by atoms with Crippen molar-refractivity contribution < 1.29 is 9.90 Å². The fourth-order valence-corrected chi connectivity index (χ4v) is 1.33. The molecule has 82 valence electrons. The first kappa shape index (κ1) is 11.7. The fraction of sp³-hybridized carbons (Fsp3) is 0.333. The lowest BCUT2D eigenvalue weighted by Gasteiger charge is -2.15. The molecular weight excluding hydrogens is 218 g/mol. The van der Waals surface area contributed by atoms with Crippen LogP contribution in [0.4, 0.5) is 5.82 Å². The molecule has 0 bridgehead atoms. The van der Waals surface area contributed by atoms with Gasteiger partial charge in [-0.25, -0.2) is 4.98 Å². The highest BCUT2D eigenvalue weighted by Gasteiger charge is 2.12. The molecule has 6 heteroatoms. The van der Waals surface area contributed by atoms with E-state index in [-0.39, 0.29) is 30.0 Å². The van der Waals surface area contributed by atoms with Crippen molar-refractivity contribution in [3.05, 3.63) is 22.8 Å². The molecule has 1 heterocycles. The highest BCUT2D eigenvalue weighted by Crippen LogP contribution is 2.13. The molecule has 0 fully saturated rings. The van der Waals surface area contributed by atoms with Crippen LogP contribution in [0.1, 0.15) is 10.4 Å². The predicted molar refractivity (Wildman–Crippen MR) is 57.7 cm³/mol. The lowest BCUT2D eigenvalue weighted by atomic mass is 10.2. The molecule has 1 amide bonds. The predicted octanol–water partition coefficient (Wildman–Crippen LogP) is 0.382. The summed E-state index contributed by atoms with van der Waals surface area (Å²) in [7, 11) is 1.59. The number of aromatic nitrogens is 1. The SMILES string of the molecule is CN(CCO)C(=O)c1cc(N)nc(Cl)c1. The van der Waals surface area contributed by atoms with Gasteiger partial charge in [0, 0.05) is 19.2 Å². The highest BCUT2D eigenvalue weighted by atomic mass is 35.5. The third-order valence-corrected chi connectivity index (χ3v) is 2.04. The number of aliphatic hydroxyl groups is 1. The molecule has 15 heavy (non-hydrogen) atoms. The third kappa shape index (κ3) is 3.07. The first-order valence-electron chi connectivity index (χ1n) is 4.34. The molecule has 0 aliphatic carbocycles. The lowest BCUT2D eigenvalue weighted by molar-refractivity contribution is 0.0767. The summed E-state index contributed by atoms with van der Waals surface area (Å²) < 4.78 is 0. The van der Waals surface area contributed by atoms with Crippen LogP contribution in [0.15, 0.2) is 12.1 Å². The zero-order valence-corrected chi connectivity index (χ0v) is 9.03. The first-order valence-corrected chi connectivity index (χ1v) is 4.71. The molecule has 0 radical (unpaired) electrons. The first-order chi connectivity index (χ1) is 7.04. The molecule has 0 aliphatic heterocycles. The van der Waals surface area contributed by atoms with Crippen LogP contribution in [0.3, 0.4) is 0 Å². The summed E-state index contributed by atoms with van der Waals surface area (Å²) in [5.41, 5.74) is 5.82. The summed E-state index contributed by atoms with van der Waals surface area (Å²) in [6.45, 7) is 0.176. The second-order valence-corrected chi connectivity index (χ2v) is 3.44. The molecule has 0 atom stereocenters. The minimum atomic E-state index is -0.250. The van der Waals surface area contributed by atoms with Gasteiger partial charge >= 0.3 is 0 Å². The van der Waals surface area contributed by atoms with Crippen molar-refractivity contribution in [1.29, 1.82) is 0 Å². The molecule has 0 aromatic carbocycles. The summed E-state index contributed by atoms with van der Waals surface area (Å²) in [6.07, 6.45) is 0. The Morgan fingerprint density at radius 2 is 2.33 bits per heavy atom. The Hall–Kier alpha value is -1.33. The molecule has 0 saturated heterocycles. The quantitative estimate of drug-likeness (QED) is 0.735. The van der Waals surface area contributed by atoms with Gasteiger partial charge in [0.2, 0.25) is 0 Å². The van der Waals surface area contributed by atoms with Gasteiger partial charge in [-0.3, -0.25) is 4.79 Å². The highest BCUT2D eigenvalue weighted by molar-refractivity contribution is 6.29. The Morgan fingerprint density at radius 3 is 2.87 bits per heavy atom. The largest absolute Gasteiger partial charge is 0.395 e. The number of pyridine rings is 1. The number of nitrogens with two attached hydrogens (primary N) is 1. The van der Waals surface area contributed by atoms with Gasteiger partial charge in [-0.15, -0.1) is 0 Å². The molecule has 0 unspecified atom stereocenters. The second-order valence-electron chi connectivity index (χ2n) is 3.05. The van der Waals surface area contributed by atoms with Gasteiger partial charge in [0.25, 0.3) is 5.91 Å². The Morgan fingerprint density at radius 1 is 1.67 bits per heavy atom. The Balaban J connectivity index is 2.90. The van der Waals surface area contributed by atoms with Crippen molar-refractivity contribution >= 4 is 23.3 Å². The van der Waals surface area contributed by atoms with E-state index in [1.807, 2.05) is 0 Å². The van der Waals surface area contributed by atoms with E-state index in [0.29, 0.717) is 5.56 Å². The number of rotatable bonds is 3. The number of hydrogen-bond donors (Lipinski definition) is 2. The number of aliphatic hydroxyl groups excluding tert-OH is 1. The maximum Gasteiger partial charge on any atom is 0.253 e. The fourth-order valence-electron chi connectivity index (χ4n) is 1.11. The van der Waals surface area contributed by atoms with E-state index in [4.69, 9.17) is 22.4 Å². The van der Waals surface area contributed by atoms with Crippen LogP contribution in [0.5, 0.6) is 0 Å². The summed E-state index contributed by atoms with van der Waals surface area (Å²) in [4.78, 5) is 16.8. The average Bonchev–Trinajstić information content (AvgIpc) is 2.15. The van der Waals surface area contributed by atoms with E-state index >= 15 is 0 Å². The van der Waals surface area contributed by atoms with E-state index in [1.54, 1.807) is 7.05 Å². The van der Waals surface area contributed by atoms with Crippen molar-refractivity contribution in [2.24, 2.45) is 0 Å². The van der Waals surface area contributed by atoms with Crippen molar-refractivity contribution in [1.82, 2.24) is 9.88 Å². The van der Waals surface area contributed by atoms with Crippen molar-refractivity contribution in [3.63, 3.8) is 0 Å². The van der Waals surface area contributed by atoms with E-state index in [9.17, 15) is 4.79 Å². The van der Waals surface area contributed by atoms with Gasteiger partial charge in [-0.05, 0) is 12.1 Å². The number of carbonyl (C=O) groups is 1. The number of hydrogen-bond acceptors (Lipinski definition) is 4. The molecule has 0 aliphatic rings. The Labute approximate surface area is 92.5 Å². The Bertz CT molecular complexity index is 350. The average molecular weight is 230 g/mol. The molecule has 0 saturated carbocycles. The van der Waals surface area contributed by atoms with Crippen LogP contribution in [0.2, 0.25) is 5.15 Å². The smallest absolute Gasteiger partial charge is 0.253 e. The summed E-state index contributed by atoms with van der Waals surface area (Å²) in [5, 5.41) is 8.86. The number of nitrogens with zero attached hydrogens (tertiary/aromatic N) is 2. The summed E-state index contributed by atoms with van der Waals surface area (Å²) >= 11 is 5.66. The van der Waals surface area contributed by atoms with Gasteiger partial charge < -0.3 is 15.7 Å². The van der Waals surface area contributed by atoms with Crippen LogP contribution in [-0.2, 0) is 0 Å². The monoisotopic (exact) mass is 229 g/mol. The maximum absolute atomic E-state index is 11.7. The molecule has 1 rings (SSSR count). The van der Waals surface area contributed by atoms with Crippen molar-refractivity contribution in [2.75, 3.05) is 25.9 Å². The number of nitrogen functional groups attached to an aromatic ring is 1. The van der Waals surface area contributed by atoms with Gasteiger partial charge in [0.05, 0.1) is 6.61 Å². The molecule has 5 nitrogen and oxygen atoms in total. The van der Waals surface area contributed by atoms with Crippen molar-refractivity contribution in [3.8, 4) is 0 Å². The van der Waals surface area contributed by atoms with Crippen LogP contribution in [0, 0.1) is 0 Å². The number of amides is 1. The minimum Gasteiger partial charge on any atom is -0.395 e. The van der Waals surface area contributed by atoms with Crippen LogP contribution >= 0.6 is 11.6 Å². The summed E-state index contributed by atoms with van der Waals surface area (Å²) in [5.74, 6) is -0.0525. The zero-order valence-electron chi connectivity index (χ0n) is 8.27. The third-order valence-electron chi connectivity index (χ3n) is 1.84. The van der Waals surface area contributed by atoms with Crippen molar-refractivity contribution in [2.45, 2.75) is 0 Å². The van der Waals surface area contributed by atoms with Gasteiger partial charge in [-0.1, -0.05) is 11.6 Å². The number of anilines is 1. The normalized spacial score (nSPS) is 10.1. The number of halogens is 1. The van der Waals surface area contributed by atoms with Gasteiger partial charge in [0.1, 0.15) is 11.0 Å². The summed E-state index contributed by atoms with van der Waals surface area (Å²) in [6, 6.07) is 2.89. The molecule has 3 N–H and O–H groups in total. The minimum absolute atomic E-state index is 0.0868. The van der Waals surface area contributed by atoms with E-state index < -0.39 is 0 Å². The van der Waals surface area contributed by atoms with Gasteiger partial charge in [0.15, 0.2) is 0 Å². The van der Waals surface area contributed by atoms with Crippen LogP contribution in [0.25, 0.3) is 0 Å². The van der Waals surface area contributed by atoms with Crippen LogP contribution < -0.4 is 5.73 Å². The zero-order chi connectivity index (χ0) is 11.4. The molecular formula is C9H12ClN3O2. The second kappa shape index (κ2) is 4.95. The van der Waals surface area contributed by atoms with Crippen LogP contribution in [-0.4, -0.2) is 41.1 Å². The molecule has 1 aromatic rings. The topological polar surface area (TPSA) is 79.5 Å². The maximum atomic E-state index is 11.7. The number of likely N-dealkylation sites (N-methyl/N-ethyl adjacent to an activating group) is 1. The Kier molecular flexibility index (Phi) is 3.88. The lowest BCUT2D eigenvalue weighted by Crippen LogP contribution is -2.29. The van der Waals surface area contributed by atoms with Gasteiger partial charge in [-0.2, -0.15) is 0 Å². The molecule has 0 spiro atoms.